The average Bonchev–Trinajstić information content (AvgIpc) is 0.883. The van der Waals surface area contributed by atoms with Crippen molar-refractivity contribution in [1.29, 1.82) is 0 Å². The fourth-order valence-electron chi connectivity index (χ4n) is 13.4. The predicted octanol–water partition coefficient (Wildman–Crippen LogP) is 35.7. The van der Waals surface area contributed by atoms with Crippen molar-refractivity contribution in [3.05, 3.63) is 245 Å². The zero-order valence-electron chi connectivity index (χ0n) is 77.5. The Morgan fingerprint density at radius 3 is 0.395 bits per heavy atom. The summed E-state index contributed by atoms with van der Waals surface area (Å²) in [6.07, 6.45) is 95.1. The van der Waals surface area contributed by atoms with E-state index in [1.165, 1.54) is 144 Å². The normalized spacial score (nSPS) is 15.8. The van der Waals surface area contributed by atoms with Crippen LogP contribution in [0.1, 0.15) is 409 Å². The van der Waals surface area contributed by atoms with Crippen LogP contribution in [-0.2, 0) is 18.0 Å². The molecule has 1 atom stereocenters. The van der Waals surface area contributed by atoms with Crippen molar-refractivity contribution in [2.75, 3.05) is 6.61 Å². The van der Waals surface area contributed by atoms with E-state index in [0.29, 0.717) is 0 Å². The van der Waals surface area contributed by atoms with Crippen LogP contribution in [-0.4, -0.2) is 21.3 Å². The molecule has 0 aromatic carbocycles. The molecule has 0 aromatic heterocycles. The standard InChI is InChI=1S/C105H172O7P2/c1-85(2)43-23-44-86(3)45-24-46-87(4)47-25-48-88(5)49-26-50-89(6)51-27-52-90(7)53-28-54-91(8)55-29-56-92(9)57-30-58-93(10)59-31-60-94(11)61-32-62-95(12)63-33-64-96(13)65-34-66-97(14)67-35-68-98(15)69-36-70-99(16)71-37-72-100(17)73-38-74-101(18)75-39-76-102(19)77-40-78-103(20)79-41-80-104(21)81-42-82-105(22)83-84-111-114(109,110)112-113(106,107)108/h43,45,47,49,51,53,55,57,59,61,63,65,67,69,71,73,75,77,79,81,83H,23-42,44,46,48,50,52,54,56,58,60,62,64,66,68,70,72,74,76,78,80,82,84H2,1-22H3,(H,109,110)(H2,106,107,108). The Labute approximate surface area is 704 Å². The first-order valence-corrected chi connectivity index (χ1v) is 47.5. The highest BCUT2D eigenvalue weighted by Crippen LogP contribution is 2.57. The first-order valence-electron chi connectivity index (χ1n) is 44.5. The van der Waals surface area contributed by atoms with Crippen molar-refractivity contribution in [3.63, 3.8) is 0 Å². The van der Waals surface area contributed by atoms with E-state index in [1.807, 2.05) is 6.92 Å². The largest absolute Gasteiger partial charge is 0.481 e. The fraction of sp³-hybridized carbons (Fsp3) is 0.600. The van der Waals surface area contributed by atoms with Gasteiger partial charge in [0.05, 0.1) is 6.61 Å². The van der Waals surface area contributed by atoms with Crippen LogP contribution in [0.4, 0.5) is 0 Å². The molecule has 9 heteroatoms. The second-order valence-electron chi connectivity index (χ2n) is 34.4. The Kier molecular flexibility index (Phi) is 65.6. The minimum Gasteiger partial charge on any atom is -0.302 e. The summed E-state index contributed by atoms with van der Waals surface area (Å²) in [7, 11) is -9.94. The van der Waals surface area contributed by atoms with Crippen LogP contribution in [0, 0.1) is 0 Å². The third-order valence-corrected chi connectivity index (χ3v) is 23.7. The lowest BCUT2D eigenvalue weighted by Crippen LogP contribution is -1.94. The molecule has 0 aliphatic heterocycles. The molecule has 0 amide bonds. The Balaban J connectivity index is 4.38. The molecule has 0 aliphatic carbocycles. The molecular formula is C105H172O7P2. The van der Waals surface area contributed by atoms with Gasteiger partial charge in [-0.1, -0.05) is 245 Å². The minimum atomic E-state index is -5.12. The van der Waals surface area contributed by atoms with Gasteiger partial charge < -0.3 is 14.7 Å². The van der Waals surface area contributed by atoms with Gasteiger partial charge in [0.1, 0.15) is 0 Å². The first-order chi connectivity index (χ1) is 54.0. The summed E-state index contributed by atoms with van der Waals surface area (Å²) in [5.74, 6) is 0. The van der Waals surface area contributed by atoms with E-state index in [2.05, 4.69) is 276 Å². The monoisotopic (exact) mass is 1610 g/mol. The van der Waals surface area contributed by atoms with Gasteiger partial charge in [-0.05, 0) is 409 Å². The van der Waals surface area contributed by atoms with Crippen LogP contribution in [0.3, 0.4) is 0 Å². The molecule has 3 N–H and O–H groups in total. The van der Waals surface area contributed by atoms with Crippen LogP contribution in [0.5, 0.6) is 0 Å². The van der Waals surface area contributed by atoms with Crippen molar-refractivity contribution in [1.82, 2.24) is 0 Å². The fourth-order valence-corrected chi connectivity index (χ4v) is 15.0. The van der Waals surface area contributed by atoms with E-state index in [-0.39, 0.29) is 6.61 Å². The highest BCUT2D eigenvalue weighted by molar-refractivity contribution is 7.60. The van der Waals surface area contributed by atoms with Crippen molar-refractivity contribution in [2.45, 2.75) is 409 Å². The van der Waals surface area contributed by atoms with E-state index >= 15 is 0 Å². The molecule has 0 saturated carbocycles. The van der Waals surface area contributed by atoms with E-state index in [1.54, 1.807) is 6.08 Å². The van der Waals surface area contributed by atoms with Gasteiger partial charge >= 0.3 is 15.6 Å². The summed E-state index contributed by atoms with van der Waals surface area (Å²) in [6.45, 7) is 49.5. The molecule has 1 unspecified atom stereocenters. The third-order valence-electron chi connectivity index (χ3n) is 21.6. The Morgan fingerprint density at radius 1 is 0.184 bits per heavy atom. The van der Waals surface area contributed by atoms with Gasteiger partial charge in [-0.2, -0.15) is 4.31 Å². The van der Waals surface area contributed by atoms with E-state index < -0.39 is 15.6 Å². The van der Waals surface area contributed by atoms with Gasteiger partial charge in [0, 0.05) is 0 Å². The summed E-state index contributed by atoms with van der Waals surface area (Å²) < 4.78 is 30.8. The molecule has 114 heavy (non-hydrogen) atoms. The highest BCUT2D eigenvalue weighted by Gasteiger charge is 2.32. The number of hydrogen-bond donors (Lipinski definition) is 3. The molecule has 0 spiro atoms. The SMILES string of the molecule is CC(C)=CCCC(C)=CCCC(C)=CCCC(C)=CCCC(C)=CCCC(C)=CCCC(C)=CCCC(C)=CCCC(C)=CCCC(C)=CCCC(C)=CCCC(C)=CCCC(C)=CCCC(C)=CCCC(C)=CCCC(C)=CCCC(C)=CCCC(C)=CCCC(C)=CCCC(C)=CCCC(C)=CCOP(=O)(O)OP(=O)(O)O. The predicted molar refractivity (Wildman–Crippen MR) is 508 cm³/mol. The number of phosphoric ester groups is 1. The summed E-state index contributed by atoms with van der Waals surface area (Å²) in [5.41, 5.74) is 30.8. The molecular weight excluding hydrogens is 1440 g/mol. The van der Waals surface area contributed by atoms with Crippen molar-refractivity contribution in [2.24, 2.45) is 0 Å². The van der Waals surface area contributed by atoms with Crippen LogP contribution in [0.15, 0.2) is 245 Å². The van der Waals surface area contributed by atoms with Gasteiger partial charge in [-0.3, -0.25) is 4.52 Å². The summed E-state index contributed by atoms with van der Waals surface area (Å²) in [5, 5.41) is 0. The molecule has 0 fully saturated rings. The molecule has 0 aliphatic rings. The molecule has 0 rings (SSSR count). The maximum Gasteiger partial charge on any atom is 0.481 e. The summed E-state index contributed by atoms with van der Waals surface area (Å²) >= 11 is 0. The van der Waals surface area contributed by atoms with Gasteiger partial charge in [0.25, 0.3) is 0 Å². The quantitative estimate of drug-likeness (QED) is 0.0411. The Morgan fingerprint density at radius 2 is 0.289 bits per heavy atom. The summed E-state index contributed by atoms with van der Waals surface area (Å²) in [6, 6.07) is 0. The van der Waals surface area contributed by atoms with E-state index in [9.17, 15) is 14.0 Å². The van der Waals surface area contributed by atoms with Crippen molar-refractivity contribution >= 4 is 15.6 Å². The average molecular weight is 1610 g/mol. The van der Waals surface area contributed by atoms with E-state index in [4.69, 9.17) is 9.79 Å². The second-order valence-corrected chi connectivity index (χ2v) is 37.2. The van der Waals surface area contributed by atoms with Gasteiger partial charge in [0.15, 0.2) is 0 Å². The van der Waals surface area contributed by atoms with Crippen LogP contribution < -0.4 is 0 Å². The maximum absolute atomic E-state index is 11.6. The van der Waals surface area contributed by atoms with E-state index in [0.717, 1.165) is 230 Å². The second kappa shape index (κ2) is 68.7. The Hall–Kier alpha value is -5.20. The third kappa shape index (κ3) is 73.2. The number of allylic oxidation sites excluding steroid dienone is 41. The summed E-state index contributed by atoms with van der Waals surface area (Å²) in [4.78, 5) is 26.8. The van der Waals surface area contributed by atoms with Crippen LogP contribution in [0.25, 0.3) is 0 Å². The van der Waals surface area contributed by atoms with Gasteiger partial charge in [0.2, 0.25) is 0 Å². The first kappa shape index (κ1) is 109. The minimum absolute atomic E-state index is 0.277. The van der Waals surface area contributed by atoms with Gasteiger partial charge in [-0.15, -0.1) is 0 Å². The topological polar surface area (TPSA) is 113 Å². The molecule has 0 heterocycles. The zero-order valence-corrected chi connectivity index (χ0v) is 79.3. The lowest BCUT2D eigenvalue weighted by atomic mass is 10.0. The van der Waals surface area contributed by atoms with Crippen molar-refractivity contribution in [3.8, 4) is 0 Å². The lowest BCUT2D eigenvalue weighted by Gasteiger charge is -2.11. The molecule has 7 nitrogen and oxygen atoms in total. The molecule has 644 valence electrons. The number of hydrogen-bond acceptors (Lipinski definition) is 4. The zero-order chi connectivity index (χ0) is 85.4. The van der Waals surface area contributed by atoms with Gasteiger partial charge in [-0.25, -0.2) is 9.13 Å². The molecule has 0 bridgehead atoms. The number of phosphoric acid groups is 2. The van der Waals surface area contributed by atoms with Crippen LogP contribution >= 0.6 is 15.6 Å². The molecule has 0 radical (unpaired) electrons. The smallest absolute Gasteiger partial charge is 0.302 e. The highest BCUT2D eigenvalue weighted by atomic mass is 31.3. The Bertz CT molecular complexity index is 3520. The number of rotatable bonds is 65. The van der Waals surface area contributed by atoms with Crippen LogP contribution in [0.2, 0.25) is 0 Å². The van der Waals surface area contributed by atoms with Crippen molar-refractivity contribution < 1.29 is 32.6 Å². The molecule has 0 saturated heterocycles. The molecule has 0 aromatic rings. The lowest BCUT2D eigenvalue weighted by molar-refractivity contribution is 0.191. The maximum atomic E-state index is 11.6.